The van der Waals surface area contributed by atoms with Crippen molar-refractivity contribution in [2.75, 3.05) is 18.0 Å². The van der Waals surface area contributed by atoms with E-state index in [4.69, 9.17) is 0 Å². The van der Waals surface area contributed by atoms with Crippen molar-refractivity contribution in [1.82, 2.24) is 15.1 Å². The average molecular weight is 312 g/mol. The van der Waals surface area contributed by atoms with E-state index in [1.165, 1.54) is 11.4 Å². The van der Waals surface area contributed by atoms with E-state index in [1.807, 2.05) is 31.2 Å². The van der Waals surface area contributed by atoms with Crippen molar-refractivity contribution in [2.24, 2.45) is 0 Å². The topological polar surface area (TPSA) is 50.2 Å². The fraction of sp³-hybridized carbons (Fsp3) is 0.444. The highest BCUT2D eigenvalue weighted by molar-refractivity contribution is 5.94. The molecule has 0 saturated carbocycles. The van der Waals surface area contributed by atoms with Crippen molar-refractivity contribution in [2.45, 2.75) is 39.8 Å². The Balaban J connectivity index is 1.68. The van der Waals surface area contributed by atoms with Crippen molar-refractivity contribution in [3.63, 3.8) is 0 Å². The van der Waals surface area contributed by atoms with Crippen LogP contribution in [0.4, 0.5) is 5.82 Å². The number of amides is 1. The second kappa shape index (κ2) is 6.86. The largest absolute Gasteiger partial charge is 0.352 e. The molecule has 0 aliphatic carbocycles. The number of hydrogen-bond acceptors (Lipinski definition) is 3. The van der Waals surface area contributed by atoms with Gasteiger partial charge in [0.1, 0.15) is 5.82 Å². The van der Waals surface area contributed by atoms with Gasteiger partial charge in [-0.15, -0.1) is 0 Å². The first-order chi connectivity index (χ1) is 11.2. The second-order valence-corrected chi connectivity index (χ2v) is 6.09. The smallest absolute Gasteiger partial charge is 0.251 e. The molecule has 0 bridgehead atoms. The van der Waals surface area contributed by atoms with Crippen LogP contribution in [0.3, 0.4) is 0 Å². The van der Waals surface area contributed by atoms with Crippen LogP contribution in [-0.4, -0.2) is 28.8 Å². The summed E-state index contributed by atoms with van der Waals surface area (Å²) in [5, 5.41) is 7.44. The molecule has 1 aromatic heterocycles. The molecular weight excluding hydrogens is 288 g/mol. The summed E-state index contributed by atoms with van der Waals surface area (Å²) >= 11 is 0. The molecule has 0 spiro atoms. The highest BCUT2D eigenvalue weighted by atomic mass is 16.1. The van der Waals surface area contributed by atoms with Crippen LogP contribution in [0.25, 0.3) is 0 Å². The molecule has 1 N–H and O–H groups in total. The second-order valence-electron chi connectivity index (χ2n) is 6.09. The predicted octanol–water partition coefficient (Wildman–Crippen LogP) is 2.74. The van der Waals surface area contributed by atoms with Crippen LogP contribution in [0.5, 0.6) is 0 Å². The van der Waals surface area contributed by atoms with Gasteiger partial charge in [0.25, 0.3) is 5.91 Å². The van der Waals surface area contributed by atoms with Gasteiger partial charge in [0.05, 0.1) is 5.69 Å². The fourth-order valence-electron chi connectivity index (χ4n) is 2.96. The van der Waals surface area contributed by atoms with Crippen LogP contribution in [-0.2, 0) is 13.1 Å². The molecule has 2 aromatic rings. The molecule has 5 heteroatoms. The SMILES string of the molecule is CCCNC(=O)c1ccc(CN2CCCn3nc(C)cc32)cc1. The molecule has 23 heavy (non-hydrogen) atoms. The molecule has 0 radical (unpaired) electrons. The van der Waals surface area contributed by atoms with Gasteiger partial charge in [-0.3, -0.25) is 4.79 Å². The minimum absolute atomic E-state index is 0.00470. The van der Waals surface area contributed by atoms with Gasteiger partial charge >= 0.3 is 0 Å². The Morgan fingerprint density at radius 1 is 1.26 bits per heavy atom. The quantitative estimate of drug-likeness (QED) is 0.923. The summed E-state index contributed by atoms with van der Waals surface area (Å²) in [6.45, 7) is 7.70. The third kappa shape index (κ3) is 3.55. The van der Waals surface area contributed by atoms with E-state index >= 15 is 0 Å². The predicted molar refractivity (Wildman–Crippen MR) is 91.7 cm³/mol. The van der Waals surface area contributed by atoms with E-state index in [0.717, 1.165) is 50.3 Å². The van der Waals surface area contributed by atoms with E-state index < -0.39 is 0 Å². The summed E-state index contributed by atoms with van der Waals surface area (Å²) in [6.07, 6.45) is 2.07. The normalized spacial score (nSPS) is 13.7. The van der Waals surface area contributed by atoms with Crippen molar-refractivity contribution in [3.8, 4) is 0 Å². The number of hydrogen-bond donors (Lipinski definition) is 1. The Labute approximate surface area is 137 Å². The first-order valence-electron chi connectivity index (χ1n) is 8.34. The standard InChI is InChI=1S/C18H24N4O/c1-3-9-19-18(23)16-7-5-15(6-8-16)13-21-10-4-11-22-17(21)12-14(2)20-22/h5-8,12H,3-4,9-11,13H2,1-2H3,(H,19,23). The zero-order valence-electron chi connectivity index (χ0n) is 13.9. The Morgan fingerprint density at radius 2 is 2.04 bits per heavy atom. The van der Waals surface area contributed by atoms with Gasteiger partial charge in [0.15, 0.2) is 0 Å². The molecule has 1 amide bonds. The van der Waals surface area contributed by atoms with E-state index in [9.17, 15) is 4.79 Å². The highest BCUT2D eigenvalue weighted by Crippen LogP contribution is 2.23. The van der Waals surface area contributed by atoms with Crippen LogP contribution in [0.1, 0.15) is 41.4 Å². The average Bonchev–Trinajstić information content (AvgIpc) is 2.94. The molecule has 3 rings (SSSR count). The van der Waals surface area contributed by atoms with Crippen molar-refractivity contribution < 1.29 is 4.79 Å². The van der Waals surface area contributed by atoms with E-state index in [2.05, 4.69) is 33.0 Å². The number of carbonyl (C=O) groups is 1. The molecule has 2 heterocycles. The van der Waals surface area contributed by atoms with Crippen molar-refractivity contribution in [1.29, 1.82) is 0 Å². The number of nitrogens with zero attached hydrogens (tertiary/aromatic N) is 3. The minimum Gasteiger partial charge on any atom is -0.352 e. The molecule has 0 saturated heterocycles. The molecule has 122 valence electrons. The van der Waals surface area contributed by atoms with Gasteiger partial charge in [-0.05, 0) is 37.5 Å². The van der Waals surface area contributed by atoms with Crippen LogP contribution < -0.4 is 10.2 Å². The number of aromatic nitrogens is 2. The lowest BCUT2D eigenvalue weighted by atomic mass is 10.1. The lowest BCUT2D eigenvalue weighted by Gasteiger charge is -2.29. The third-order valence-electron chi connectivity index (χ3n) is 4.13. The van der Waals surface area contributed by atoms with Crippen molar-refractivity contribution >= 4 is 11.7 Å². The van der Waals surface area contributed by atoms with Crippen LogP contribution in [0.15, 0.2) is 30.3 Å². The van der Waals surface area contributed by atoms with E-state index in [1.54, 1.807) is 0 Å². The van der Waals surface area contributed by atoms with Crippen LogP contribution >= 0.6 is 0 Å². The van der Waals surface area contributed by atoms with Gasteiger partial charge in [-0.2, -0.15) is 5.10 Å². The molecule has 0 atom stereocenters. The van der Waals surface area contributed by atoms with Crippen LogP contribution in [0.2, 0.25) is 0 Å². The minimum atomic E-state index is 0.00470. The Hall–Kier alpha value is -2.30. The lowest BCUT2D eigenvalue weighted by molar-refractivity contribution is 0.0953. The van der Waals surface area contributed by atoms with Gasteiger partial charge in [-0.1, -0.05) is 19.1 Å². The molecule has 1 aliphatic rings. The summed E-state index contributed by atoms with van der Waals surface area (Å²) in [7, 11) is 0. The van der Waals surface area contributed by atoms with Gasteiger partial charge in [0, 0.05) is 37.8 Å². The number of aryl methyl sites for hydroxylation is 2. The molecule has 1 aliphatic heterocycles. The third-order valence-corrected chi connectivity index (χ3v) is 4.13. The monoisotopic (exact) mass is 312 g/mol. The van der Waals surface area contributed by atoms with E-state index in [0.29, 0.717) is 0 Å². The number of fused-ring (bicyclic) bond motifs is 1. The number of carbonyl (C=O) groups excluding carboxylic acids is 1. The van der Waals surface area contributed by atoms with Gasteiger partial charge in [-0.25, -0.2) is 4.68 Å². The van der Waals surface area contributed by atoms with Crippen molar-refractivity contribution in [3.05, 3.63) is 47.2 Å². The maximum atomic E-state index is 11.9. The summed E-state index contributed by atoms with van der Waals surface area (Å²) in [6, 6.07) is 10.1. The Bertz CT molecular complexity index is 675. The fourth-order valence-corrected chi connectivity index (χ4v) is 2.96. The zero-order chi connectivity index (χ0) is 16.2. The van der Waals surface area contributed by atoms with Crippen LogP contribution in [0, 0.1) is 6.92 Å². The lowest BCUT2D eigenvalue weighted by Crippen LogP contribution is -2.31. The number of benzene rings is 1. The summed E-state index contributed by atoms with van der Waals surface area (Å²) in [5.74, 6) is 1.20. The number of anilines is 1. The van der Waals surface area contributed by atoms with Gasteiger partial charge in [0.2, 0.25) is 0 Å². The molecule has 0 fully saturated rings. The Kier molecular flexibility index (Phi) is 4.65. The van der Waals surface area contributed by atoms with Gasteiger partial charge < -0.3 is 10.2 Å². The first-order valence-corrected chi connectivity index (χ1v) is 8.34. The molecule has 5 nitrogen and oxygen atoms in total. The number of rotatable bonds is 5. The zero-order valence-corrected chi connectivity index (χ0v) is 13.9. The summed E-state index contributed by atoms with van der Waals surface area (Å²) in [4.78, 5) is 14.3. The highest BCUT2D eigenvalue weighted by Gasteiger charge is 2.18. The molecule has 0 unspecified atom stereocenters. The Morgan fingerprint density at radius 3 is 2.78 bits per heavy atom. The maximum Gasteiger partial charge on any atom is 0.251 e. The molecular formula is C18H24N4O. The summed E-state index contributed by atoms with van der Waals surface area (Å²) < 4.78 is 2.09. The van der Waals surface area contributed by atoms with E-state index in [-0.39, 0.29) is 5.91 Å². The maximum absolute atomic E-state index is 11.9. The summed E-state index contributed by atoms with van der Waals surface area (Å²) in [5.41, 5.74) is 3.00. The molecule has 1 aromatic carbocycles. The first kappa shape index (κ1) is 15.6. The number of nitrogens with one attached hydrogen (secondary N) is 1.